The van der Waals surface area contributed by atoms with Gasteiger partial charge in [-0.05, 0) is 49.6 Å². The van der Waals surface area contributed by atoms with Gasteiger partial charge in [0.1, 0.15) is 12.4 Å². The molecule has 0 bridgehead atoms. The maximum atomic E-state index is 5.89. The van der Waals surface area contributed by atoms with Crippen LogP contribution in [0.5, 0.6) is 5.75 Å². The molecule has 0 aliphatic rings. The summed E-state index contributed by atoms with van der Waals surface area (Å²) in [7, 11) is 0. The minimum atomic E-state index is 0.0668. The molecule has 2 N–H and O–H groups in total. The summed E-state index contributed by atoms with van der Waals surface area (Å²) in [4.78, 5) is 2.68. The summed E-state index contributed by atoms with van der Waals surface area (Å²) in [5.41, 5.74) is 8.16. The maximum absolute atomic E-state index is 5.89. The summed E-state index contributed by atoms with van der Waals surface area (Å²) < 4.78 is 5.89. The lowest BCUT2D eigenvalue weighted by molar-refractivity contribution is 0.307. The molecular formula is C16H21NOS. The van der Waals surface area contributed by atoms with Crippen LogP contribution in [-0.4, -0.2) is 0 Å². The average molecular weight is 275 g/mol. The summed E-state index contributed by atoms with van der Waals surface area (Å²) in [5.74, 6) is 0.941. The average Bonchev–Trinajstić information content (AvgIpc) is 2.85. The van der Waals surface area contributed by atoms with Gasteiger partial charge in [-0.15, -0.1) is 11.3 Å². The molecule has 2 aromatic rings. The van der Waals surface area contributed by atoms with Gasteiger partial charge in [0.05, 0.1) is 0 Å². The third kappa shape index (κ3) is 3.58. The zero-order valence-electron chi connectivity index (χ0n) is 11.8. The first-order chi connectivity index (χ1) is 9.10. The standard InChI is InChI=1S/C16H21NOS/c1-4-14-6-7-15(19-14)10-18-16-8-5-13(12(3)17)9-11(16)2/h5-9,12H,4,10,17H2,1-3H3. The zero-order valence-corrected chi connectivity index (χ0v) is 12.6. The molecule has 0 fully saturated rings. The highest BCUT2D eigenvalue weighted by atomic mass is 32.1. The maximum Gasteiger partial charge on any atom is 0.122 e. The number of aryl methyl sites for hydroxylation is 2. The Morgan fingerprint density at radius 1 is 1.21 bits per heavy atom. The molecule has 1 atom stereocenters. The van der Waals surface area contributed by atoms with Crippen molar-refractivity contribution < 1.29 is 4.74 Å². The van der Waals surface area contributed by atoms with E-state index in [4.69, 9.17) is 10.5 Å². The summed E-state index contributed by atoms with van der Waals surface area (Å²) in [6, 6.07) is 10.6. The molecule has 102 valence electrons. The first-order valence-electron chi connectivity index (χ1n) is 6.66. The van der Waals surface area contributed by atoms with Crippen molar-refractivity contribution >= 4 is 11.3 Å². The summed E-state index contributed by atoms with van der Waals surface area (Å²) in [6.07, 6.45) is 1.09. The molecule has 3 heteroatoms. The van der Waals surface area contributed by atoms with E-state index in [0.717, 1.165) is 23.3 Å². The lowest BCUT2D eigenvalue weighted by atomic mass is 10.1. The zero-order chi connectivity index (χ0) is 13.8. The van der Waals surface area contributed by atoms with Crippen LogP contribution >= 0.6 is 11.3 Å². The lowest BCUT2D eigenvalue weighted by Gasteiger charge is -2.11. The number of thiophene rings is 1. The number of hydrogen-bond donors (Lipinski definition) is 1. The fourth-order valence-corrected chi connectivity index (χ4v) is 2.83. The molecule has 1 unspecified atom stereocenters. The first-order valence-corrected chi connectivity index (χ1v) is 7.48. The SMILES string of the molecule is CCc1ccc(COc2ccc(C(C)N)cc2C)s1. The van der Waals surface area contributed by atoms with Gasteiger partial charge in [0.15, 0.2) is 0 Å². The van der Waals surface area contributed by atoms with Gasteiger partial charge in [-0.2, -0.15) is 0 Å². The highest BCUT2D eigenvalue weighted by molar-refractivity contribution is 7.11. The molecule has 0 amide bonds. The number of hydrogen-bond acceptors (Lipinski definition) is 3. The van der Waals surface area contributed by atoms with Crippen molar-refractivity contribution in [2.45, 2.75) is 39.8 Å². The Hall–Kier alpha value is -1.32. The molecule has 0 aliphatic heterocycles. The van der Waals surface area contributed by atoms with Crippen LogP contribution in [0, 0.1) is 6.92 Å². The quantitative estimate of drug-likeness (QED) is 0.886. The summed E-state index contributed by atoms with van der Waals surface area (Å²) in [5, 5.41) is 0. The van der Waals surface area contributed by atoms with E-state index in [1.54, 1.807) is 0 Å². The van der Waals surface area contributed by atoms with E-state index in [9.17, 15) is 0 Å². The molecule has 1 aromatic heterocycles. The fourth-order valence-electron chi connectivity index (χ4n) is 1.96. The predicted octanol–water partition coefficient (Wildman–Crippen LogP) is 4.22. The molecule has 0 saturated carbocycles. The first kappa shape index (κ1) is 14.1. The Kier molecular flexibility index (Phi) is 4.61. The van der Waals surface area contributed by atoms with Crippen LogP contribution < -0.4 is 10.5 Å². The van der Waals surface area contributed by atoms with Crippen molar-refractivity contribution in [3.8, 4) is 5.75 Å². The second-order valence-corrected chi connectivity index (χ2v) is 6.08. The topological polar surface area (TPSA) is 35.2 Å². The molecule has 0 radical (unpaired) electrons. The lowest BCUT2D eigenvalue weighted by Crippen LogP contribution is -2.05. The van der Waals surface area contributed by atoms with Crippen molar-refractivity contribution in [1.29, 1.82) is 0 Å². The van der Waals surface area contributed by atoms with Crippen LogP contribution in [0.25, 0.3) is 0 Å². The van der Waals surface area contributed by atoms with Crippen molar-refractivity contribution in [3.05, 3.63) is 51.2 Å². The van der Waals surface area contributed by atoms with Gasteiger partial charge in [0.2, 0.25) is 0 Å². The Morgan fingerprint density at radius 2 is 1.95 bits per heavy atom. The predicted molar refractivity (Wildman–Crippen MR) is 81.8 cm³/mol. The highest BCUT2D eigenvalue weighted by Crippen LogP contribution is 2.24. The van der Waals surface area contributed by atoms with Crippen LogP contribution in [0.3, 0.4) is 0 Å². The van der Waals surface area contributed by atoms with Gasteiger partial charge in [-0.3, -0.25) is 0 Å². The van der Waals surface area contributed by atoms with E-state index in [2.05, 4.69) is 32.0 Å². The monoisotopic (exact) mass is 275 g/mol. The van der Waals surface area contributed by atoms with Crippen molar-refractivity contribution in [2.24, 2.45) is 5.73 Å². The fraction of sp³-hybridized carbons (Fsp3) is 0.375. The second-order valence-electron chi connectivity index (χ2n) is 4.82. The Bertz CT molecular complexity index is 545. The van der Waals surface area contributed by atoms with Gasteiger partial charge < -0.3 is 10.5 Å². The summed E-state index contributed by atoms with van der Waals surface area (Å²) >= 11 is 1.82. The molecule has 19 heavy (non-hydrogen) atoms. The largest absolute Gasteiger partial charge is 0.488 e. The minimum absolute atomic E-state index is 0.0668. The number of ether oxygens (including phenoxy) is 1. The van der Waals surface area contributed by atoms with E-state index in [-0.39, 0.29) is 6.04 Å². The highest BCUT2D eigenvalue weighted by Gasteiger charge is 2.05. The second kappa shape index (κ2) is 6.22. The van der Waals surface area contributed by atoms with E-state index in [1.807, 2.05) is 30.4 Å². The van der Waals surface area contributed by atoms with Gasteiger partial charge in [0, 0.05) is 15.8 Å². The van der Waals surface area contributed by atoms with Gasteiger partial charge in [-0.25, -0.2) is 0 Å². The molecule has 0 saturated heterocycles. The van der Waals surface area contributed by atoms with Gasteiger partial charge in [-0.1, -0.05) is 19.1 Å². The normalized spacial score (nSPS) is 12.4. The van der Waals surface area contributed by atoms with Gasteiger partial charge >= 0.3 is 0 Å². The van der Waals surface area contributed by atoms with Crippen molar-refractivity contribution in [3.63, 3.8) is 0 Å². The molecule has 1 aromatic carbocycles. The van der Waals surface area contributed by atoms with E-state index in [1.165, 1.54) is 9.75 Å². The molecule has 1 heterocycles. The van der Waals surface area contributed by atoms with Crippen LogP contribution in [0.15, 0.2) is 30.3 Å². The van der Waals surface area contributed by atoms with E-state index in [0.29, 0.717) is 6.61 Å². The van der Waals surface area contributed by atoms with Crippen LogP contribution in [0.4, 0.5) is 0 Å². The Morgan fingerprint density at radius 3 is 2.53 bits per heavy atom. The number of nitrogens with two attached hydrogens (primary N) is 1. The van der Waals surface area contributed by atoms with Crippen molar-refractivity contribution in [2.75, 3.05) is 0 Å². The number of rotatable bonds is 5. The molecular weight excluding hydrogens is 254 g/mol. The van der Waals surface area contributed by atoms with Crippen LogP contribution in [0.2, 0.25) is 0 Å². The van der Waals surface area contributed by atoms with Crippen LogP contribution in [0.1, 0.15) is 40.8 Å². The Balaban J connectivity index is 2.03. The molecule has 2 nitrogen and oxygen atoms in total. The molecule has 0 aliphatic carbocycles. The summed E-state index contributed by atoms with van der Waals surface area (Å²) in [6.45, 7) is 6.87. The minimum Gasteiger partial charge on any atom is -0.488 e. The van der Waals surface area contributed by atoms with E-state index >= 15 is 0 Å². The van der Waals surface area contributed by atoms with Crippen LogP contribution in [-0.2, 0) is 13.0 Å². The Labute approximate surface area is 119 Å². The third-order valence-corrected chi connectivity index (χ3v) is 4.36. The third-order valence-electron chi connectivity index (χ3n) is 3.16. The van der Waals surface area contributed by atoms with Gasteiger partial charge in [0.25, 0.3) is 0 Å². The van der Waals surface area contributed by atoms with Crippen molar-refractivity contribution in [1.82, 2.24) is 0 Å². The van der Waals surface area contributed by atoms with E-state index < -0.39 is 0 Å². The smallest absolute Gasteiger partial charge is 0.122 e. The molecule has 0 spiro atoms. The number of benzene rings is 1. The molecule has 2 rings (SSSR count).